The summed E-state index contributed by atoms with van der Waals surface area (Å²) in [5.74, 6) is -1.56. The van der Waals surface area contributed by atoms with Crippen LogP contribution in [0.2, 0.25) is 0 Å². The summed E-state index contributed by atoms with van der Waals surface area (Å²) >= 11 is 0. The van der Waals surface area contributed by atoms with Gasteiger partial charge in [0.1, 0.15) is 12.1 Å². The average molecular weight is 487 g/mol. The molecule has 0 aromatic rings. The molecule has 0 spiro atoms. The van der Waals surface area contributed by atoms with Crippen LogP contribution < -0.4 is 10.6 Å². The minimum atomic E-state index is -1.06. The van der Waals surface area contributed by atoms with E-state index in [1.54, 1.807) is 21.6 Å². The lowest BCUT2D eigenvalue weighted by Crippen LogP contribution is -2.41. The van der Waals surface area contributed by atoms with Crippen molar-refractivity contribution in [3.8, 4) is 0 Å². The molecule has 8 nitrogen and oxygen atoms in total. The van der Waals surface area contributed by atoms with Crippen molar-refractivity contribution in [1.29, 1.82) is 0 Å². The van der Waals surface area contributed by atoms with E-state index in [1.807, 2.05) is 0 Å². The number of hydrogen-bond acceptors (Lipinski definition) is 8. The maximum absolute atomic E-state index is 11.2. The molecule has 0 radical (unpaired) electrons. The molecule has 0 rings (SSSR count). The van der Waals surface area contributed by atoms with E-state index >= 15 is 0 Å². The van der Waals surface area contributed by atoms with Crippen LogP contribution in [0.15, 0.2) is 0 Å². The van der Waals surface area contributed by atoms with Gasteiger partial charge in [-0.05, 0) is 6.42 Å². The van der Waals surface area contributed by atoms with Gasteiger partial charge in [-0.1, -0.05) is 69.4 Å². The summed E-state index contributed by atoms with van der Waals surface area (Å²) in [5.41, 5.74) is 0. The zero-order chi connectivity index (χ0) is 22.2. The van der Waals surface area contributed by atoms with E-state index in [9.17, 15) is 24.3 Å². The molecule has 0 unspecified atom stereocenters. The van der Waals surface area contributed by atoms with E-state index in [-0.39, 0.29) is 28.6 Å². The molecule has 2 amide bonds. The fourth-order valence-electron chi connectivity index (χ4n) is 2.07. The lowest BCUT2D eigenvalue weighted by Gasteiger charge is -2.18. The summed E-state index contributed by atoms with van der Waals surface area (Å²) in [6, 6.07) is -1.84. The minimum absolute atomic E-state index is 0.267. The van der Waals surface area contributed by atoms with Gasteiger partial charge in [0.05, 0.1) is 0 Å². The van der Waals surface area contributed by atoms with Gasteiger partial charge in [-0.3, -0.25) is 9.59 Å². The highest BCUT2D eigenvalue weighted by atomic mass is 33.1. The molecule has 0 aliphatic rings. The molecule has 12 heteroatoms. The van der Waals surface area contributed by atoms with Gasteiger partial charge in [0, 0.05) is 36.4 Å². The molecule has 0 aromatic heterocycles. The highest BCUT2D eigenvalue weighted by molar-refractivity contribution is 8.78. The Morgan fingerprint density at radius 2 is 1.28 bits per heavy atom. The Morgan fingerprint density at radius 1 is 0.793 bits per heavy atom. The lowest BCUT2D eigenvalue weighted by molar-refractivity contribution is -0.141. The molecule has 168 valence electrons. The van der Waals surface area contributed by atoms with Gasteiger partial charge >= 0.3 is 11.9 Å². The van der Waals surface area contributed by atoms with Gasteiger partial charge < -0.3 is 20.8 Å². The summed E-state index contributed by atoms with van der Waals surface area (Å²) in [4.78, 5) is 44.5. The molecule has 29 heavy (non-hydrogen) atoms. The number of nitrogens with one attached hydrogen (secondary N) is 2. The number of rotatable bonds is 17. The zero-order valence-electron chi connectivity index (χ0n) is 16.8. The number of amides is 2. The van der Waals surface area contributed by atoms with Crippen molar-refractivity contribution in [1.82, 2.24) is 10.6 Å². The van der Waals surface area contributed by atoms with Crippen LogP contribution in [-0.2, 0) is 19.2 Å². The second-order valence-corrected chi connectivity index (χ2v) is 11.5. The van der Waals surface area contributed by atoms with Crippen LogP contribution in [-0.4, -0.2) is 68.6 Å². The molecule has 0 aliphatic heterocycles. The van der Waals surface area contributed by atoms with Crippen LogP contribution >= 0.6 is 43.2 Å². The monoisotopic (exact) mass is 486 g/mol. The predicted molar refractivity (Wildman–Crippen MR) is 123 cm³/mol. The zero-order valence-corrected chi connectivity index (χ0v) is 20.1. The van der Waals surface area contributed by atoms with Crippen molar-refractivity contribution in [3.05, 3.63) is 0 Å². The standard InChI is InChI=1S/C17H30N2O6S4/c1-4-5-6-7-13(29-28-10-15(17(24)25)19-12(3)21)8-26-27-9-14(16(22)23)18-11(2)20/h13-15H,4-10H2,1-3H3,(H,18,20)(H,19,21)(H,22,23)(H,24,25)/t13-,14+,15+/m1/s1. The van der Waals surface area contributed by atoms with Gasteiger partial charge in [0.25, 0.3) is 0 Å². The summed E-state index contributed by atoms with van der Waals surface area (Å²) in [6.45, 7) is 4.71. The normalized spacial score (nSPS) is 13.9. The number of carboxylic acid groups (broad SMARTS) is 2. The van der Waals surface area contributed by atoms with E-state index in [0.29, 0.717) is 0 Å². The molecule has 0 fully saturated rings. The van der Waals surface area contributed by atoms with Crippen LogP contribution in [0.25, 0.3) is 0 Å². The first-order chi connectivity index (χ1) is 13.7. The van der Waals surface area contributed by atoms with Gasteiger partial charge in [-0.2, -0.15) is 0 Å². The van der Waals surface area contributed by atoms with Crippen molar-refractivity contribution < 1.29 is 29.4 Å². The summed E-state index contributed by atoms with van der Waals surface area (Å²) in [6.07, 6.45) is 4.27. The van der Waals surface area contributed by atoms with E-state index in [2.05, 4.69) is 17.6 Å². The Hall–Kier alpha value is -0.720. The molecular formula is C17H30N2O6S4. The third-order valence-corrected chi connectivity index (χ3v) is 9.11. The van der Waals surface area contributed by atoms with Gasteiger partial charge in [-0.15, -0.1) is 0 Å². The Kier molecular flexibility index (Phi) is 16.6. The molecule has 0 heterocycles. The second kappa shape index (κ2) is 17.0. The molecule has 0 saturated heterocycles. The molecule has 0 bridgehead atoms. The van der Waals surface area contributed by atoms with Crippen LogP contribution in [0.5, 0.6) is 0 Å². The smallest absolute Gasteiger partial charge is 0.327 e. The van der Waals surface area contributed by atoms with Crippen molar-refractivity contribution in [3.63, 3.8) is 0 Å². The van der Waals surface area contributed by atoms with Crippen molar-refractivity contribution >= 4 is 66.9 Å². The largest absolute Gasteiger partial charge is 0.480 e. The number of carboxylic acids is 2. The highest BCUT2D eigenvalue weighted by Crippen LogP contribution is 2.35. The summed E-state index contributed by atoms with van der Waals surface area (Å²) in [5, 5.41) is 23.4. The van der Waals surface area contributed by atoms with Crippen LogP contribution in [0, 0.1) is 0 Å². The highest BCUT2D eigenvalue weighted by Gasteiger charge is 2.21. The predicted octanol–water partition coefficient (Wildman–Crippen LogP) is 2.88. The first-order valence-corrected chi connectivity index (χ1v) is 14.1. The fraction of sp³-hybridized carbons (Fsp3) is 0.765. The van der Waals surface area contributed by atoms with Crippen LogP contribution in [0.4, 0.5) is 0 Å². The average Bonchev–Trinajstić information content (AvgIpc) is 2.61. The van der Waals surface area contributed by atoms with Crippen molar-refractivity contribution in [2.24, 2.45) is 0 Å². The first-order valence-electron chi connectivity index (χ1n) is 9.19. The Bertz CT molecular complexity index is 538. The molecule has 0 aliphatic carbocycles. The molecule has 3 atom stereocenters. The van der Waals surface area contributed by atoms with Crippen LogP contribution in [0.1, 0.15) is 46.5 Å². The molecule has 0 saturated carbocycles. The van der Waals surface area contributed by atoms with Gasteiger partial charge in [0.2, 0.25) is 11.8 Å². The summed E-state index contributed by atoms with van der Waals surface area (Å²) in [7, 11) is 5.97. The maximum Gasteiger partial charge on any atom is 0.327 e. The number of hydrogen-bond donors (Lipinski definition) is 4. The number of unbranched alkanes of at least 4 members (excludes halogenated alkanes) is 2. The Morgan fingerprint density at radius 3 is 1.72 bits per heavy atom. The number of aliphatic carboxylic acids is 2. The molecule has 4 N–H and O–H groups in total. The topological polar surface area (TPSA) is 133 Å². The first kappa shape index (κ1) is 28.3. The Labute approximate surface area is 187 Å². The second-order valence-electron chi connectivity index (χ2n) is 6.25. The number of carbonyl (C=O) groups excluding carboxylic acids is 2. The van der Waals surface area contributed by atoms with E-state index in [4.69, 9.17) is 5.11 Å². The number of carbonyl (C=O) groups is 4. The van der Waals surface area contributed by atoms with Crippen molar-refractivity contribution in [2.45, 2.75) is 63.8 Å². The third-order valence-electron chi connectivity index (χ3n) is 3.49. The van der Waals surface area contributed by atoms with E-state index in [0.717, 1.165) is 31.4 Å². The molecular weight excluding hydrogens is 456 g/mol. The van der Waals surface area contributed by atoms with Gasteiger partial charge in [0.15, 0.2) is 0 Å². The third kappa shape index (κ3) is 15.7. The summed E-state index contributed by atoms with van der Waals surface area (Å²) < 4.78 is 0. The Balaban J connectivity index is 4.46. The quantitative estimate of drug-likeness (QED) is 0.180. The SMILES string of the molecule is CCCCC[C@H](CSSC[C@H](NC(C)=O)C(=O)O)SSC[C@H](NC(C)=O)C(=O)O. The van der Waals surface area contributed by atoms with E-state index in [1.165, 1.54) is 35.4 Å². The van der Waals surface area contributed by atoms with Crippen LogP contribution in [0.3, 0.4) is 0 Å². The molecule has 0 aromatic carbocycles. The van der Waals surface area contributed by atoms with E-state index < -0.39 is 24.0 Å². The van der Waals surface area contributed by atoms with Crippen molar-refractivity contribution in [2.75, 3.05) is 17.3 Å². The lowest BCUT2D eigenvalue weighted by atomic mass is 10.2. The fourth-order valence-corrected chi connectivity index (χ4v) is 8.01. The van der Waals surface area contributed by atoms with Gasteiger partial charge in [-0.25, -0.2) is 9.59 Å². The maximum atomic E-state index is 11.2. The minimum Gasteiger partial charge on any atom is -0.480 e.